The molecule has 0 amide bonds. The second-order valence-corrected chi connectivity index (χ2v) is 4.86. The van der Waals surface area contributed by atoms with Gasteiger partial charge in [-0.2, -0.15) is 0 Å². The van der Waals surface area contributed by atoms with Gasteiger partial charge in [-0.15, -0.1) is 24.0 Å². The van der Waals surface area contributed by atoms with E-state index in [0.717, 1.165) is 5.69 Å². The first-order valence-corrected chi connectivity index (χ1v) is 6.73. The third-order valence-electron chi connectivity index (χ3n) is 2.95. The molecule has 8 heteroatoms. The fourth-order valence-corrected chi connectivity index (χ4v) is 2.12. The van der Waals surface area contributed by atoms with Crippen molar-refractivity contribution >= 4 is 41.5 Å². The molecule has 0 aliphatic heterocycles. The molecule has 0 radical (unpaired) electrons. The van der Waals surface area contributed by atoms with Gasteiger partial charge in [0, 0.05) is 37.3 Å². The fourth-order valence-electron chi connectivity index (χ4n) is 1.89. The Hall–Kier alpha value is -1.35. The SMILES string of the molecule is CN=C(NCc1c(F)cccc1Cl)N(C)Cc1ccon1.I. The van der Waals surface area contributed by atoms with Gasteiger partial charge < -0.3 is 14.7 Å². The number of aliphatic imine (C=N–C) groups is 1. The van der Waals surface area contributed by atoms with Crippen molar-refractivity contribution in [2.24, 2.45) is 4.99 Å². The van der Waals surface area contributed by atoms with Crippen molar-refractivity contribution in [2.45, 2.75) is 13.1 Å². The minimum absolute atomic E-state index is 0. The highest BCUT2D eigenvalue weighted by Gasteiger charge is 2.11. The van der Waals surface area contributed by atoms with Crippen molar-refractivity contribution < 1.29 is 8.91 Å². The number of aromatic nitrogens is 1. The Bertz CT molecular complexity index is 601. The summed E-state index contributed by atoms with van der Waals surface area (Å²) in [5.41, 5.74) is 1.19. The van der Waals surface area contributed by atoms with Gasteiger partial charge in [0.2, 0.25) is 0 Å². The van der Waals surface area contributed by atoms with Crippen LogP contribution in [0.25, 0.3) is 0 Å². The average molecular weight is 439 g/mol. The first-order chi connectivity index (χ1) is 10.1. The van der Waals surface area contributed by atoms with Crippen molar-refractivity contribution in [1.29, 1.82) is 0 Å². The lowest BCUT2D eigenvalue weighted by atomic mass is 10.2. The fraction of sp³-hybridized carbons (Fsp3) is 0.286. The van der Waals surface area contributed by atoms with Crippen LogP contribution in [0.4, 0.5) is 4.39 Å². The zero-order valence-corrected chi connectivity index (χ0v) is 15.3. The molecular formula is C14H17ClFIN4O. The molecule has 2 aromatic rings. The Morgan fingerprint density at radius 3 is 2.82 bits per heavy atom. The van der Waals surface area contributed by atoms with E-state index < -0.39 is 0 Å². The summed E-state index contributed by atoms with van der Waals surface area (Å²) >= 11 is 5.99. The number of nitrogens with one attached hydrogen (secondary N) is 1. The molecule has 0 unspecified atom stereocenters. The summed E-state index contributed by atoms with van der Waals surface area (Å²) in [6.45, 7) is 0.780. The van der Waals surface area contributed by atoms with Crippen LogP contribution in [-0.2, 0) is 13.1 Å². The zero-order valence-electron chi connectivity index (χ0n) is 12.2. The van der Waals surface area contributed by atoms with Gasteiger partial charge >= 0.3 is 0 Å². The summed E-state index contributed by atoms with van der Waals surface area (Å²) in [7, 11) is 3.51. The standard InChI is InChI=1S/C14H16ClFN4O.HI/c1-17-14(20(2)9-10-6-7-21-19-10)18-8-11-12(15)4-3-5-13(11)16;/h3-7H,8-9H2,1-2H3,(H,17,18);1H. The third kappa shape index (κ3) is 4.84. The van der Waals surface area contributed by atoms with Gasteiger partial charge in [0.05, 0.1) is 6.54 Å². The molecule has 0 saturated carbocycles. The van der Waals surface area contributed by atoms with Crippen molar-refractivity contribution in [1.82, 2.24) is 15.4 Å². The lowest BCUT2D eigenvalue weighted by Crippen LogP contribution is -2.38. The molecular weight excluding hydrogens is 422 g/mol. The van der Waals surface area contributed by atoms with Crippen molar-refractivity contribution in [2.75, 3.05) is 14.1 Å². The molecule has 0 aliphatic carbocycles. The summed E-state index contributed by atoms with van der Waals surface area (Å²) < 4.78 is 18.5. The smallest absolute Gasteiger partial charge is 0.194 e. The Morgan fingerprint density at radius 1 is 1.45 bits per heavy atom. The van der Waals surface area contributed by atoms with Crippen LogP contribution in [0.15, 0.2) is 40.0 Å². The highest BCUT2D eigenvalue weighted by Crippen LogP contribution is 2.18. The van der Waals surface area contributed by atoms with Crippen molar-refractivity contribution in [3.63, 3.8) is 0 Å². The second-order valence-electron chi connectivity index (χ2n) is 4.45. The van der Waals surface area contributed by atoms with Crippen molar-refractivity contribution in [3.8, 4) is 0 Å². The number of guanidine groups is 1. The average Bonchev–Trinajstić information content (AvgIpc) is 2.95. The molecule has 0 saturated heterocycles. The molecule has 5 nitrogen and oxygen atoms in total. The highest BCUT2D eigenvalue weighted by molar-refractivity contribution is 14.0. The summed E-state index contributed by atoms with van der Waals surface area (Å²) in [6.07, 6.45) is 1.51. The minimum Gasteiger partial charge on any atom is -0.364 e. The Labute approximate surface area is 150 Å². The van der Waals surface area contributed by atoms with Gasteiger partial charge in [0.1, 0.15) is 17.8 Å². The molecule has 0 bridgehead atoms. The number of rotatable bonds is 4. The van der Waals surface area contributed by atoms with Gasteiger partial charge in [0.25, 0.3) is 0 Å². The number of halogens is 3. The quantitative estimate of drug-likeness (QED) is 0.452. The Morgan fingerprint density at radius 2 is 2.23 bits per heavy atom. The van der Waals surface area contributed by atoms with Crippen LogP contribution in [0.2, 0.25) is 5.02 Å². The van der Waals surface area contributed by atoms with Gasteiger partial charge in [0.15, 0.2) is 5.96 Å². The first-order valence-electron chi connectivity index (χ1n) is 6.35. The third-order valence-corrected chi connectivity index (χ3v) is 3.30. The monoisotopic (exact) mass is 438 g/mol. The summed E-state index contributed by atoms with van der Waals surface area (Å²) in [6, 6.07) is 6.39. The topological polar surface area (TPSA) is 53.7 Å². The zero-order chi connectivity index (χ0) is 15.2. The lowest BCUT2D eigenvalue weighted by molar-refractivity contribution is 0.391. The molecule has 0 fully saturated rings. The van der Waals surface area contributed by atoms with Crippen LogP contribution in [0.3, 0.4) is 0 Å². The maximum absolute atomic E-state index is 13.7. The summed E-state index contributed by atoms with van der Waals surface area (Å²) in [5, 5.41) is 7.30. The molecule has 0 atom stereocenters. The molecule has 0 aliphatic rings. The van der Waals surface area contributed by atoms with E-state index in [1.54, 1.807) is 25.2 Å². The van der Waals surface area contributed by atoms with E-state index in [4.69, 9.17) is 16.1 Å². The van der Waals surface area contributed by atoms with E-state index in [-0.39, 0.29) is 36.3 Å². The molecule has 120 valence electrons. The maximum atomic E-state index is 13.7. The van der Waals surface area contributed by atoms with Crippen molar-refractivity contribution in [3.05, 3.63) is 52.6 Å². The molecule has 1 aromatic heterocycles. The van der Waals surface area contributed by atoms with E-state index in [1.165, 1.54) is 12.3 Å². The van der Waals surface area contributed by atoms with Gasteiger partial charge in [-0.1, -0.05) is 22.8 Å². The van der Waals surface area contributed by atoms with Gasteiger partial charge in [-0.05, 0) is 12.1 Å². The maximum Gasteiger partial charge on any atom is 0.194 e. The van der Waals surface area contributed by atoms with Crippen LogP contribution in [0.1, 0.15) is 11.3 Å². The predicted octanol–water partition coefficient (Wildman–Crippen LogP) is 3.29. The minimum atomic E-state index is -0.343. The van der Waals surface area contributed by atoms with E-state index in [9.17, 15) is 4.39 Å². The second kappa shape index (κ2) is 8.94. The Balaban J connectivity index is 0.00000242. The molecule has 1 N–H and O–H groups in total. The first kappa shape index (κ1) is 18.7. The normalized spacial score (nSPS) is 11.0. The van der Waals surface area contributed by atoms with Crippen LogP contribution >= 0.6 is 35.6 Å². The molecule has 1 heterocycles. The molecule has 1 aromatic carbocycles. The number of benzene rings is 1. The van der Waals surface area contributed by atoms with Crippen LogP contribution in [0.5, 0.6) is 0 Å². The number of nitrogens with zero attached hydrogens (tertiary/aromatic N) is 3. The van der Waals surface area contributed by atoms with Crippen LogP contribution in [0, 0.1) is 5.82 Å². The van der Waals surface area contributed by atoms with E-state index in [1.807, 2.05) is 11.9 Å². The molecule has 0 spiro atoms. The summed E-state index contributed by atoms with van der Waals surface area (Å²) in [5.74, 6) is 0.266. The number of hydrogen-bond donors (Lipinski definition) is 1. The van der Waals surface area contributed by atoms with E-state index in [0.29, 0.717) is 23.1 Å². The predicted molar refractivity (Wildman–Crippen MR) is 95.0 cm³/mol. The molecule has 22 heavy (non-hydrogen) atoms. The largest absolute Gasteiger partial charge is 0.364 e. The van der Waals surface area contributed by atoms with Gasteiger partial charge in [-0.3, -0.25) is 4.99 Å². The van der Waals surface area contributed by atoms with E-state index in [2.05, 4.69) is 15.5 Å². The lowest BCUT2D eigenvalue weighted by Gasteiger charge is -2.21. The number of hydrogen-bond acceptors (Lipinski definition) is 3. The van der Waals surface area contributed by atoms with Crippen LogP contribution in [-0.4, -0.2) is 30.1 Å². The Kier molecular flexibility index (Phi) is 7.60. The molecule has 2 rings (SSSR count). The van der Waals surface area contributed by atoms with Crippen LogP contribution < -0.4 is 5.32 Å². The van der Waals surface area contributed by atoms with Gasteiger partial charge in [-0.25, -0.2) is 4.39 Å². The van der Waals surface area contributed by atoms with E-state index >= 15 is 0 Å². The highest BCUT2D eigenvalue weighted by atomic mass is 127. The summed E-state index contributed by atoms with van der Waals surface area (Å²) in [4.78, 5) is 6.00.